The largest absolute Gasteiger partial charge is 0.383 e. The molecular formula is C14H17ClN4OS. The Labute approximate surface area is 132 Å². The highest BCUT2D eigenvalue weighted by Crippen LogP contribution is 2.31. The van der Waals surface area contributed by atoms with Gasteiger partial charge in [0, 0.05) is 28.6 Å². The van der Waals surface area contributed by atoms with Crippen molar-refractivity contribution in [2.24, 2.45) is 0 Å². The second-order valence-electron chi connectivity index (χ2n) is 4.83. The van der Waals surface area contributed by atoms with Gasteiger partial charge in [0.25, 0.3) is 5.56 Å². The minimum absolute atomic E-state index is 0.199. The Bertz CT molecular complexity index is 687. The zero-order valence-electron chi connectivity index (χ0n) is 11.8. The Balaban J connectivity index is 2.30. The summed E-state index contributed by atoms with van der Waals surface area (Å²) >= 11 is 7.61. The number of rotatable bonds is 5. The van der Waals surface area contributed by atoms with Crippen LogP contribution in [0.2, 0.25) is 5.02 Å². The number of H-pyrrole nitrogens is 1. The summed E-state index contributed by atoms with van der Waals surface area (Å²) < 4.78 is 0. The summed E-state index contributed by atoms with van der Waals surface area (Å²) in [7, 11) is 0. The smallest absolute Gasteiger partial charge is 0.253 e. The molecule has 7 heteroatoms. The van der Waals surface area contributed by atoms with Crippen molar-refractivity contribution in [2.45, 2.75) is 36.5 Å². The number of anilines is 1. The van der Waals surface area contributed by atoms with Crippen LogP contribution >= 0.6 is 23.4 Å². The monoisotopic (exact) mass is 324 g/mol. The van der Waals surface area contributed by atoms with E-state index in [1.54, 1.807) is 0 Å². The van der Waals surface area contributed by atoms with Crippen LogP contribution in [0.3, 0.4) is 0 Å². The van der Waals surface area contributed by atoms with Crippen molar-refractivity contribution in [1.29, 1.82) is 0 Å². The number of hydrogen-bond acceptors (Lipinski definition) is 5. The van der Waals surface area contributed by atoms with E-state index in [9.17, 15) is 4.79 Å². The van der Waals surface area contributed by atoms with Crippen LogP contribution in [0.15, 0.2) is 39.1 Å². The highest BCUT2D eigenvalue weighted by atomic mass is 35.5. The van der Waals surface area contributed by atoms with Gasteiger partial charge in [0.15, 0.2) is 5.16 Å². The number of nitrogens with two attached hydrogens (primary N) is 1. The maximum absolute atomic E-state index is 11.4. The van der Waals surface area contributed by atoms with Gasteiger partial charge in [-0.05, 0) is 17.7 Å². The molecule has 0 atom stereocenters. The van der Waals surface area contributed by atoms with Gasteiger partial charge in [-0.15, -0.1) is 0 Å². The average molecular weight is 325 g/mol. The van der Waals surface area contributed by atoms with Crippen molar-refractivity contribution in [1.82, 2.24) is 15.3 Å². The van der Waals surface area contributed by atoms with Crippen LogP contribution in [0.5, 0.6) is 0 Å². The van der Waals surface area contributed by atoms with Gasteiger partial charge < -0.3 is 16.0 Å². The number of nitrogens with one attached hydrogen (secondary N) is 2. The van der Waals surface area contributed by atoms with Gasteiger partial charge in [0.2, 0.25) is 0 Å². The number of nitrogens with zero attached hydrogens (tertiary/aromatic N) is 1. The molecule has 0 aliphatic heterocycles. The lowest BCUT2D eigenvalue weighted by Crippen LogP contribution is -2.22. The molecule has 0 spiro atoms. The van der Waals surface area contributed by atoms with Gasteiger partial charge in [0.05, 0.1) is 0 Å². The fourth-order valence-corrected chi connectivity index (χ4v) is 2.98. The first-order valence-corrected chi connectivity index (χ1v) is 7.70. The first-order chi connectivity index (χ1) is 9.95. The predicted molar refractivity (Wildman–Crippen MR) is 86.8 cm³/mol. The number of aromatic nitrogens is 2. The van der Waals surface area contributed by atoms with E-state index in [1.165, 1.54) is 17.8 Å². The van der Waals surface area contributed by atoms with Crippen LogP contribution in [-0.4, -0.2) is 16.0 Å². The summed E-state index contributed by atoms with van der Waals surface area (Å²) in [6.45, 7) is 4.79. The van der Waals surface area contributed by atoms with Crippen LogP contribution < -0.4 is 16.6 Å². The van der Waals surface area contributed by atoms with Crippen LogP contribution in [0.25, 0.3) is 0 Å². The van der Waals surface area contributed by atoms with Crippen LogP contribution in [0.1, 0.15) is 19.4 Å². The maximum atomic E-state index is 11.4. The summed E-state index contributed by atoms with van der Waals surface area (Å²) in [5, 5.41) is 4.47. The van der Waals surface area contributed by atoms with Gasteiger partial charge in [-0.2, -0.15) is 0 Å². The van der Waals surface area contributed by atoms with Crippen molar-refractivity contribution in [3.05, 3.63) is 45.2 Å². The first kappa shape index (κ1) is 15.9. The molecule has 112 valence electrons. The predicted octanol–water partition coefficient (Wildman–Crippen LogP) is 2.65. The summed E-state index contributed by atoms with van der Waals surface area (Å²) in [6, 6.07) is 7.26. The quantitative estimate of drug-likeness (QED) is 0.736. The van der Waals surface area contributed by atoms with Crippen molar-refractivity contribution in [3.8, 4) is 0 Å². The highest BCUT2D eigenvalue weighted by Gasteiger charge is 2.10. The van der Waals surface area contributed by atoms with E-state index < -0.39 is 0 Å². The van der Waals surface area contributed by atoms with Gasteiger partial charge in [0.1, 0.15) is 5.82 Å². The molecule has 0 bridgehead atoms. The van der Waals surface area contributed by atoms with Crippen LogP contribution in [-0.2, 0) is 6.54 Å². The highest BCUT2D eigenvalue weighted by molar-refractivity contribution is 7.99. The van der Waals surface area contributed by atoms with E-state index >= 15 is 0 Å². The number of nitrogen functional groups attached to an aromatic ring is 1. The van der Waals surface area contributed by atoms with Crippen LogP contribution in [0, 0.1) is 0 Å². The van der Waals surface area contributed by atoms with Crippen molar-refractivity contribution in [3.63, 3.8) is 0 Å². The molecule has 1 aromatic carbocycles. The molecule has 5 nitrogen and oxygen atoms in total. The van der Waals surface area contributed by atoms with Crippen molar-refractivity contribution >= 4 is 29.2 Å². The SMILES string of the molecule is CC(C)NCc1c(Cl)cccc1Sc1nc(N)cc(=O)[nH]1. The third kappa shape index (κ3) is 4.49. The van der Waals surface area contributed by atoms with E-state index in [0.29, 0.717) is 22.8 Å². The number of halogens is 1. The molecule has 21 heavy (non-hydrogen) atoms. The van der Waals surface area contributed by atoms with Crippen molar-refractivity contribution in [2.75, 3.05) is 5.73 Å². The van der Waals surface area contributed by atoms with E-state index in [4.69, 9.17) is 17.3 Å². The minimum Gasteiger partial charge on any atom is -0.383 e. The molecule has 0 saturated heterocycles. The summed E-state index contributed by atoms with van der Waals surface area (Å²) in [5.74, 6) is 0.199. The molecule has 4 N–H and O–H groups in total. The van der Waals surface area contributed by atoms with E-state index in [1.807, 2.05) is 18.2 Å². The molecule has 0 saturated carbocycles. The number of aromatic amines is 1. The Kier molecular flexibility index (Phi) is 5.27. The Hall–Kier alpha value is -1.50. The van der Waals surface area contributed by atoms with E-state index in [0.717, 1.165) is 10.5 Å². The number of benzene rings is 1. The fourth-order valence-electron chi connectivity index (χ4n) is 1.72. The third-order valence-electron chi connectivity index (χ3n) is 2.71. The standard InChI is InChI=1S/C14H17ClN4OS/c1-8(2)17-7-9-10(15)4-3-5-11(9)21-14-18-12(16)6-13(20)19-14/h3-6,8,17H,7H2,1-2H3,(H3,16,18,19,20). The molecule has 0 aliphatic rings. The lowest BCUT2D eigenvalue weighted by molar-refractivity contribution is 0.585. The van der Waals surface area contributed by atoms with Gasteiger partial charge in [-0.1, -0.05) is 43.3 Å². The molecule has 1 heterocycles. The second kappa shape index (κ2) is 6.98. The minimum atomic E-state index is -0.270. The molecule has 0 amide bonds. The van der Waals surface area contributed by atoms with Gasteiger partial charge in [-0.25, -0.2) is 4.98 Å². The average Bonchev–Trinajstić information content (AvgIpc) is 2.36. The molecule has 2 rings (SSSR count). The molecule has 1 aromatic heterocycles. The van der Waals surface area contributed by atoms with Gasteiger partial charge in [-0.3, -0.25) is 4.79 Å². The lowest BCUT2D eigenvalue weighted by Gasteiger charge is -2.13. The van der Waals surface area contributed by atoms with Crippen molar-refractivity contribution < 1.29 is 0 Å². The van der Waals surface area contributed by atoms with E-state index in [2.05, 4.69) is 29.1 Å². The Morgan fingerprint density at radius 3 is 2.90 bits per heavy atom. The zero-order chi connectivity index (χ0) is 15.4. The summed E-state index contributed by atoms with van der Waals surface area (Å²) in [4.78, 5) is 19.2. The molecular weight excluding hydrogens is 308 g/mol. The van der Waals surface area contributed by atoms with Gasteiger partial charge >= 0.3 is 0 Å². The topological polar surface area (TPSA) is 83.8 Å². The maximum Gasteiger partial charge on any atom is 0.253 e. The number of hydrogen-bond donors (Lipinski definition) is 3. The second-order valence-corrected chi connectivity index (χ2v) is 6.27. The third-order valence-corrected chi connectivity index (χ3v) is 4.05. The fraction of sp³-hybridized carbons (Fsp3) is 0.286. The Morgan fingerprint density at radius 1 is 1.48 bits per heavy atom. The lowest BCUT2D eigenvalue weighted by atomic mass is 10.2. The van der Waals surface area contributed by atoms with E-state index in [-0.39, 0.29) is 11.4 Å². The normalized spacial score (nSPS) is 11.0. The molecule has 2 aromatic rings. The molecule has 0 fully saturated rings. The molecule has 0 radical (unpaired) electrons. The zero-order valence-corrected chi connectivity index (χ0v) is 13.4. The first-order valence-electron chi connectivity index (χ1n) is 6.51. The summed E-state index contributed by atoms with van der Waals surface area (Å²) in [5.41, 5.74) is 6.30. The molecule has 0 aliphatic carbocycles. The summed E-state index contributed by atoms with van der Waals surface area (Å²) in [6.07, 6.45) is 0. The Morgan fingerprint density at radius 2 is 2.24 bits per heavy atom. The molecule has 0 unspecified atom stereocenters. The van der Waals surface area contributed by atoms with Crippen LogP contribution in [0.4, 0.5) is 5.82 Å².